The van der Waals surface area contributed by atoms with Crippen molar-refractivity contribution in [3.05, 3.63) is 12.2 Å². The van der Waals surface area contributed by atoms with Crippen molar-refractivity contribution in [2.45, 2.75) is 26.7 Å². The number of carbonyl (C=O) groups is 1. The van der Waals surface area contributed by atoms with Crippen LogP contribution in [0.3, 0.4) is 0 Å². The van der Waals surface area contributed by atoms with Crippen molar-refractivity contribution in [1.82, 2.24) is 0 Å². The van der Waals surface area contributed by atoms with Crippen LogP contribution in [0.5, 0.6) is 0 Å². The molecule has 7 heteroatoms. The SMILES string of the molecule is C=C(CCC)C(=O)[O-].CC[N+](C)(C)S(=O)(=O)O. The van der Waals surface area contributed by atoms with Crippen LogP contribution in [0.2, 0.25) is 0 Å². The van der Waals surface area contributed by atoms with Gasteiger partial charge in [-0.3, -0.25) is 0 Å². The normalized spacial score (nSPS) is 11.4. The number of hydrogen-bond donors (Lipinski definition) is 1. The van der Waals surface area contributed by atoms with E-state index in [1.54, 1.807) is 6.92 Å². The van der Waals surface area contributed by atoms with Gasteiger partial charge >= 0.3 is 10.3 Å². The first-order chi connectivity index (χ1) is 7.49. The van der Waals surface area contributed by atoms with E-state index in [4.69, 9.17) is 4.55 Å². The Morgan fingerprint density at radius 2 is 1.76 bits per heavy atom. The molecule has 0 aliphatic rings. The van der Waals surface area contributed by atoms with Crippen LogP contribution in [-0.2, 0) is 15.1 Å². The van der Waals surface area contributed by atoms with E-state index < -0.39 is 16.3 Å². The summed E-state index contributed by atoms with van der Waals surface area (Å²) in [4.78, 5) is 9.88. The average molecular weight is 267 g/mol. The smallest absolute Gasteiger partial charge is 0.432 e. The number of nitrogens with zero attached hydrogens (tertiary/aromatic N) is 1. The van der Waals surface area contributed by atoms with Gasteiger partial charge in [-0.1, -0.05) is 19.9 Å². The van der Waals surface area contributed by atoms with E-state index in [0.717, 1.165) is 6.42 Å². The summed E-state index contributed by atoms with van der Waals surface area (Å²) < 4.78 is 28.9. The fourth-order valence-electron chi connectivity index (χ4n) is 0.567. The monoisotopic (exact) mass is 267 g/mol. The van der Waals surface area contributed by atoms with Gasteiger partial charge < -0.3 is 9.90 Å². The van der Waals surface area contributed by atoms with Gasteiger partial charge in [0.1, 0.15) is 0 Å². The zero-order valence-electron chi connectivity index (χ0n) is 10.8. The van der Waals surface area contributed by atoms with Gasteiger partial charge in [0.25, 0.3) is 0 Å². The lowest BCUT2D eigenvalue weighted by Crippen LogP contribution is -2.44. The summed E-state index contributed by atoms with van der Waals surface area (Å²) in [6.07, 6.45) is 1.34. The van der Waals surface area contributed by atoms with Crippen molar-refractivity contribution < 1.29 is 26.8 Å². The second kappa shape index (κ2) is 7.41. The van der Waals surface area contributed by atoms with Gasteiger partial charge in [-0.15, -0.1) is 8.42 Å². The summed E-state index contributed by atoms with van der Waals surface area (Å²) in [7, 11) is -1.06. The molecule has 17 heavy (non-hydrogen) atoms. The number of quaternary nitrogens is 1. The van der Waals surface area contributed by atoms with Gasteiger partial charge in [-0.2, -0.15) is 3.89 Å². The molecular weight excluding hydrogens is 246 g/mol. The molecule has 0 fully saturated rings. The molecule has 0 aromatic rings. The number of rotatable bonds is 5. The molecule has 0 radical (unpaired) electrons. The summed E-state index contributed by atoms with van der Waals surface area (Å²) in [5.74, 6) is -1.13. The maximum Gasteiger partial charge on any atom is 0.432 e. The predicted octanol–water partition coefficient (Wildman–Crippen LogP) is -0.0219. The molecule has 6 nitrogen and oxygen atoms in total. The molecule has 0 aliphatic carbocycles. The average Bonchev–Trinajstić information content (AvgIpc) is 2.17. The maximum absolute atomic E-state index is 10.4. The molecule has 0 amide bonds. The molecular formula is C10H21NO5S. The quantitative estimate of drug-likeness (QED) is 0.429. The molecule has 0 saturated carbocycles. The highest BCUT2D eigenvalue weighted by molar-refractivity contribution is 7.80. The van der Waals surface area contributed by atoms with Crippen molar-refractivity contribution >= 4 is 16.3 Å². The summed E-state index contributed by atoms with van der Waals surface area (Å²) >= 11 is 0. The Hall–Kier alpha value is -0.920. The summed E-state index contributed by atoms with van der Waals surface area (Å²) in [5.41, 5.74) is 0.188. The predicted molar refractivity (Wildman–Crippen MR) is 63.3 cm³/mol. The lowest BCUT2D eigenvalue weighted by molar-refractivity contribution is -0.765. The van der Waals surface area contributed by atoms with E-state index in [2.05, 4.69) is 6.58 Å². The molecule has 0 bridgehead atoms. The lowest BCUT2D eigenvalue weighted by atomic mass is 10.2. The van der Waals surface area contributed by atoms with E-state index >= 15 is 0 Å². The summed E-state index contributed by atoms with van der Waals surface area (Å²) in [5, 5.41) is 9.88. The van der Waals surface area contributed by atoms with Crippen molar-refractivity contribution in [1.29, 1.82) is 0 Å². The molecule has 102 valence electrons. The number of carboxylic acids is 1. The highest BCUT2D eigenvalue weighted by Crippen LogP contribution is 2.02. The first-order valence-electron chi connectivity index (χ1n) is 5.19. The Bertz CT molecular complexity index is 359. The van der Waals surface area contributed by atoms with E-state index in [1.165, 1.54) is 14.1 Å². The Balaban J connectivity index is 0. The maximum atomic E-state index is 10.4. The standard InChI is InChI=1S/C6H10O2.C4H11NO3S/c1-3-4-5(2)6(7)8;1-4-5(2,3)9(6,7)8/h2-4H2,1H3,(H,7,8);4H2,1-3H3. The second-order valence-electron chi connectivity index (χ2n) is 3.98. The largest absolute Gasteiger partial charge is 0.545 e. The molecule has 0 spiro atoms. The molecule has 0 heterocycles. The molecule has 0 rings (SSSR count). The lowest BCUT2D eigenvalue weighted by Gasteiger charge is -2.21. The molecule has 1 N–H and O–H groups in total. The zero-order chi connectivity index (χ0) is 14.3. The zero-order valence-corrected chi connectivity index (χ0v) is 11.6. The highest BCUT2D eigenvalue weighted by atomic mass is 32.2. The second-order valence-corrected chi connectivity index (χ2v) is 5.86. The van der Waals surface area contributed by atoms with Crippen LogP contribution in [0.15, 0.2) is 12.2 Å². The molecule has 0 aliphatic heterocycles. The van der Waals surface area contributed by atoms with Crippen molar-refractivity contribution in [2.24, 2.45) is 0 Å². The van der Waals surface area contributed by atoms with Gasteiger partial charge in [0.15, 0.2) is 0 Å². The van der Waals surface area contributed by atoms with Crippen LogP contribution < -0.4 is 5.11 Å². The van der Waals surface area contributed by atoms with Crippen molar-refractivity contribution in [3.8, 4) is 0 Å². The van der Waals surface area contributed by atoms with Gasteiger partial charge in [0, 0.05) is 0 Å². The van der Waals surface area contributed by atoms with Crippen LogP contribution in [0.4, 0.5) is 0 Å². The number of hydrogen-bond acceptors (Lipinski definition) is 4. The topological polar surface area (TPSA) is 94.5 Å². The van der Waals surface area contributed by atoms with Gasteiger partial charge in [-0.25, -0.2) is 4.55 Å². The fraction of sp³-hybridized carbons (Fsp3) is 0.700. The Kier molecular flexibility index (Phi) is 8.04. The summed E-state index contributed by atoms with van der Waals surface area (Å²) in [6.45, 7) is 7.23. The Morgan fingerprint density at radius 1 is 1.35 bits per heavy atom. The van der Waals surface area contributed by atoms with Crippen molar-refractivity contribution in [2.75, 3.05) is 20.6 Å². The fourth-order valence-corrected chi connectivity index (χ4v) is 0.893. The van der Waals surface area contributed by atoms with Crippen molar-refractivity contribution in [3.63, 3.8) is 0 Å². The Morgan fingerprint density at radius 3 is 1.82 bits per heavy atom. The number of aliphatic carboxylic acids is 1. The van der Waals surface area contributed by atoms with Gasteiger partial charge in [-0.05, 0) is 18.9 Å². The van der Waals surface area contributed by atoms with E-state index in [-0.39, 0.29) is 9.46 Å². The van der Waals surface area contributed by atoms with Gasteiger partial charge in [0.2, 0.25) is 0 Å². The molecule has 0 saturated heterocycles. The van der Waals surface area contributed by atoms with Crippen LogP contribution in [0, 0.1) is 0 Å². The van der Waals surface area contributed by atoms with E-state index in [0.29, 0.717) is 13.0 Å². The number of carbonyl (C=O) groups excluding carboxylic acids is 1. The first-order valence-corrected chi connectivity index (χ1v) is 6.59. The molecule has 0 atom stereocenters. The first kappa shape index (κ1) is 18.4. The minimum absolute atomic E-state index is 0.188. The minimum atomic E-state index is -3.91. The van der Waals surface area contributed by atoms with E-state index in [9.17, 15) is 18.3 Å². The molecule has 0 unspecified atom stereocenters. The van der Waals surface area contributed by atoms with Crippen LogP contribution in [-0.4, -0.2) is 43.5 Å². The minimum Gasteiger partial charge on any atom is -0.545 e. The highest BCUT2D eigenvalue weighted by Gasteiger charge is 2.27. The third-order valence-electron chi connectivity index (χ3n) is 2.23. The molecule has 0 aromatic heterocycles. The third-order valence-corrected chi connectivity index (χ3v) is 3.73. The Labute approximate surface area is 103 Å². The number of carboxylic acid groups (broad SMARTS) is 1. The molecule has 0 aromatic carbocycles. The van der Waals surface area contributed by atoms with Gasteiger partial charge in [0.05, 0.1) is 26.6 Å². The van der Waals surface area contributed by atoms with E-state index in [1.807, 2.05) is 6.92 Å². The van der Waals surface area contributed by atoms with Crippen LogP contribution in [0.1, 0.15) is 26.7 Å². The summed E-state index contributed by atoms with van der Waals surface area (Å²) in [6, 6.07) is 0. The van der Waals surface area contributed by atoms with Crippen LogP contribution in [0.25, 0.3) is 0 Å². The third kappa shape index (κ3) is 7.89. The van der Waals surface area contributed by atoms with Crippen LogP contribution >= 0.6 is 0 Å².